The number of halogens is 1. The summed E-state index contributed by atoms with van der Waals surface area (Å²) in [7, 11) is 0. The first kappa shape index (κ1) is 23.0. The Bertz CT molecular complexity index is 1180. The van der Waals surface area contributed by atoms with E-state index >= 15 is 0 Å². The molecule has 0 saturated carbocycles. The molecule has 2 aliphatic heterocycles. The summed E-state index contributed by atoms with van der Waals surface area (Å²) in [5, 5.41) is 3.95. The smallest absolute Gasteiger partial charge is 0.253 e. The van der Waals surface area contributed by atoms with E-state index in [-0.39, 0.29) is 5.91 Å². The number of benzene rings is 2. The van der Waals surface area contributed by atoms with Gasteiger partial charge in [-0.2, -0.15) is 0 Å². The Morgan fingerprint density at radius 3 is 2.65 bits per heavy atom. The molecule has 1 amide bonds. The number of carbonyl (C=O) groups is 1. The van der Waals surface area contributed by atoms with E-state index in [1.54, 1.807) is 0 Å². The van der Waals surface area contributed by atoms with Gasteiger partial charge in [0.05, 0.1) is 5.56 Å². The summed E-state index contributed by atoms with van der Waals surface area (Å²) in [6.07, 6.45) is 0.954. The number of carbonyl (C=O) groups excluding carboxylic acids is 1. The topological polar surface area (TPSA) is 40.5 Å². The molecule has 0 radical (unpaired) electrons. The molecule has 0 bridgehead atoms. The molecular weight excluding hydrogens is 444 g/mol. The van der Waals surface area contributed by atoms with E-state index in [1.165, 1.54) is 16.8 Å². The standard InChI is InChI=1S/C28H33ClN4O/c1-20-19-33-21(2)26(18-27(33)25-10-4-3-9-24(20)25)28(34)30-11-6-12-31-13-15-32(16-14-31)23-8-5-7-22(29)17-23/h3-5,7-10,17-18,20H,6,11-16,19H2,1-2H3,(H,30,34). The quantitative estimate of drug-likeness (QED) is 0.498. The molecule has 34 heavy (non-hydrogen) atoms. The Morgan fingerprint density at radius 2 is 1.85 bits per heavy atom. The van der Waals surface area contributed by atoms with Crippen LogP contribution in [0.2, 0.25) is 5.02 Å². The van der Waals surface area contributed by atoms with Gasteiger partial charge in [-0.3, -0.25) is 9.69 Å². The highest BCUT2D eigenvalue weighted by Gasteiger charge is 2.26. The molecule has 3 heterocycles. The lowest BCUT2D eigenvalue weighted by molar-refractivity contribution is 0.0950. The third kappa shape index (κ3) is 4.59. The fourth-order valence-corrected chi connectivity index (χ4v) is 5.55. The van der Waals surface area contributed by atoms with Crippen molar-refractivity contribution in [3.05, 3.63) is 76.4 Å². The molecule has 1 atom stereocenters. The van der Waals surface area contributed by atoms with Crippen LogP contribution in [0, 0.1) is 6.92 Å². The number of hydrogen-bond acceptors (Lipinski definition) is 3. The van der Waals surface area contributed by atoms with Gasteiger partial charge in [0.25, 0.3) is 5.91 Å². The summed E-state index contributed by atoms with van der Waals surface area (Å²) in [4.78, 5) is 17.9. The summed E-state index contributed by atoms with van der Waals surface area (Å²) in [6, 6.07) is 18.7. The van der Waals surface area contributed by atoms with Gasteiger partial charge in [0.2, 0.25) is 0 Å². The normalized spacial score (nSPS) is 17.9. The van der Waals surface area contributed by atoms with Gasteiger partial charge in [-0.05, 0) is 55.6 Å². The maximum Gasteiger partial charge on any atom is 0.253 e. The Morgan fingerprint density at radius 1 is 1.06 bits per heavy atom. The van der Waals surface area contributed by atoms with Crippen LogP contribution in [0.4, 0.5) is 5.69 Å². The maximum atomic E-state index is 13.0. The van der Waals surface area contributed by atoms with Crippen molar-refractivity contribution in [3.8, 4) is 11.3 Å². The molecule has 5 nitrogen and oxygen atoms in total. The molecule has 1 unspecified atom stereocenters. The van der Waals surface area contributed by atoms with Crippen molar-refractivity contribution in [2.45, 2.75) is 32.7 Å². The van der Waals surface area contributed by atoms with Gasteiger partial charge in [0, 0.05) is 66.9 Å². The van der Waals surface area contributed by atoms with Crippen molar-refractivity contribution in [3.63, 3.8) is 0 Å². The van der Waals surface area contributed by atoms with Gasteiger partial charge in [-0.1, -0.05) is 48.9 Å². The van der Waals surface area contributed by atoms with Crippen molar-refractivity contribution < 1.29 is 4.79 Å². The number of nitrogens with zero attached hydrogens (tertiary/aromatic N) is 3. The molecule has 178 valence electrons. The Kier molecular flexibility index (Phi) is 6.66. The number of anilines is 1. The summed E-state index contributed by atoms with van der Waals surface area (Å²) in [5.41, 5.74) is 6.84. The fourth-order valence-electron chi connectivity index (χ4n) is 5.37. The van der Waals surface area contributed by atoms with Crippen LogP contribution >= 0.6 is 11.6 Å². The summed E-state index contributed by atoms with van der Waals surface area (Å²) >= 11 is 6.14. The van der Waals surface area contributed by atoms with Crippen LogP contribution in [-0.2, 0) is 6.54 Å². The molecule has 6 heteroatoms. The van der Waals surface area contributed by atoms with E-state index in [4.69, 9.17) is 11.6 Å². The molecule has 1 aromatic heterocycles. The molecule has 2 aromatic carbocycles. The minimum Gasteiger partial charge on any atom is -0.369 e. The Labute approximate surface area is 207 Å². The second kappa shape index (κ2) is 9.85. The van der Waals surface area contributed by atoms with Crippen LogP contribution in [-0.4, -0.2) is 54.6 Å². The van der Waals surface area contributed by atoms with Crippen LogP contribution < -0.4 is 10.2 Å². The van der Waals surface area contributed by atoms with Gasteiger partial charge in [0.15, 0.2) is 0 Å². The van der Waals surface area contributed by atoms with Gasteiger partial charge < -0.3 is 14.8 Å². The number of fused-ring (bicyclic) bond motifs is 3. The predicted octanol–water partition coefficient (Wildman–Crippen LogP) is 5.18. The van der Waals surface area contributed by atoms with E-state index in [1.807, 2.05) is 18.2 Å². The van der Waals surface area contributed by atoms with Crippen molar-refractivity contribution in [1.82, 2.24) is 14.8 Å². The van der Waals surface area contributed by atoms with Gasteiger partial charge in [0.1, 0.15) is 0 Å². The van der Waals surface area contributed by atoms with E-state index in [9.17, 15) is 4.79 Å². The highest BCUT2D eigenvalue weighted by Crippen LogP contribution is 2.38. The maximum absolute atomic E-state index is 13.0. The first-order chi connectivity index (χ1) is 16.5. The molecule has 5 rings (SSSR count). The van der Waals surface area contributed by atoms with E-state index in [0.717, 1.165) is 67.7 Å². The molecule has 1 saturated heterocycles. The number of rotatable bonds is 6. The average molecular weight is 477 g/mol. The van der Waals surface area contributed by atoms with Crippen molar-refractivity contribution in [2.24, 2.45) is 0 Å². The molecule has 0 spiro atoms. The highest BCUT2D eigenvalue weighted by atomic mass is 35.5. The second-order valence-electron chi connectivity index (χ2n) is 9.55. The molecule has 3 aromatic rings. The first-order valence-corrected chi connectivity index (χ1v) is 12.7. The van der Waals surface area contributed by atoms with Crippen LogP contribution in [0.25, 0.3) is 11.3 Å². The van der Waals surface area contributed by atoms with Gasteiger partial charge >= 0.3 is 0 Å². The molecule has 2 aliphatic rings. The van der Waals surface area contributed by atoms with Crippen LogP contribution in [0.1, 0.15) is 40.9 Å². The number of aromatic nitrogens is 1. The monoisotopic (exact) mass is 476 g/mol. The average Bonchev–Trinajstić information content (AvgIpc) is 3.19. The second-order valence-corrected chi connectivity index (χ2v) is 9.98. The molecule has 1 N–H and O–H groups in total. The summed E-state index contributed by atoms with van der Waals surface area (Å²) < 4.78 is 2.31. The van der Waals surface area contributed by atoms with Crippen molar-refractivity contribution in [2.75, 3.05) is 44.2 Å². The highest BCUT2D eigenvalue weighted by molar-refractivity contribution is 6.30. The number of hydrogen-bond donors (Lipinski definition) is 1. The molecule has 1 fully saturated rings. The number of piperazine rings is 1. The largest absolute Gasteiger partial charge is 0.369 e. The zero-order valence-corrected chi connectivity index (χ0v) is 20.8. The molecular formula is C28H33ClN4O. The number of nitrogens with one attached hydrogen (secondary N) is 1. The lowest BCUT2D eigenvalue weighted by atomic mass is 9.91. The summed E-state index contributed by atoms with van der Waals surface area (Å²) in [5.74, 6) is 0.486. The first-order valence-electron chi connectivity index (χ1n) is 12.3. The van der Waals surface area contributed by atoms with Gasteiger partial charge in [-0.25, -0.2) is 0 Å². The third-order valence-electron chi connectivity index (χ3n) is 7.32. The van der Waals surface area contributed by atoms with Gasteiger partial charge in [-0.15, -0.1) is 0 Å². The summed E-state index contributed by atoms with van der Waals surface area (Å²) in [6.45, 7) is 11.0. The zero-order chi connectivity index (χ0) is 23.7. The van der Waals surface area contributed by atoms with E-state index < -0.39 is 0 Å². The van der Waals surface area contributed by atoms with E-state index in [0.29, 0.717) is 12.5 Å². The lowest BCUT2D eigenvalue weighted by Gasteiger charge is -2.36. The fraction of sp³-hybridized carbons (Fsp3) is 0.393. The zero-order valence-electron chi connectivity index (χ0n) is 20.1. The van der Waals surface area contributed by atoms with Crippen molar-refractivity contribution >= 4 is 23.2 Å². The minimum absolute atomic E-state index is 0.0373. The molecule has 0 aliphatic carbocycles. The van der Waals surface area contributed by atoms with Crippen LogP contribution in [0.15, 0.2) is 54.6 Å². The Balaban J connectivity index is 1.12. The number of amides is 1. The third-order valence-corrected chi connectivity index (χ3v) is 7.55. The van der Waals surface area contributed by atoms with E-state index in [2.05, 4.69) is 69.9 Å². The van der Waals surface area contributed by atoms with Crippen LogP contribution in [0.5, 0.6) is 0 Å². The lowest BCUT2D eigenvalue weighted by Crippen LogP contribution is -2.47. The Hall–Kier alpha value is -2.76. The SMILES string of the molecule is Cc1c(C(=O)NCCCN2CCN(c3cccc(Cl)c3)CC2)cc2n1CC(C)c1ccccc1-2. The predicted molar refractivity (Wildman–Crippen MR) is 140 cm³/mol. The minimum atomic E-state index is 0.0373. The van der Waals surface area contributed by atoms with Crippen molar-refractivity contribution in [1.29, 1.82) is 0 Å². The van der Waals surface area contributed by atoms with Crippen LogP contribution in [0.3, 0.4) is 0 Å².